The van der Waals surface area contributed by atoms with Crippen molar-refractivity contribution in [3.8, 4) is 0 Å². The lowest BCUT2D eigenvalue weighted by atomic mass is 10.2. The summed E-state index contributed by atoms with van der Waals surface area (Å²) in [7, 11) is 1.67. The number of hydrogen-bond acceptors (Lipinski definition) is 3. The number of nitrogens with zero attached hydrogens (tertiary/aromatic N) is 1. The lowest BCUT2D eigenvalue weighted by Gasteiger charge is -2.25. The molecule has 1 fully saturated rings. The highest BCUT2D eigenvalue weighted by molar-refractivity contribution is 5.75. The Morgan fingerprint density at radius 3 is 3.05 bits per heavy atom. The summed E-state index contributed by atoms with van der Waals surface area (Å²) >= 11 is 0. The number of amides is 2. The highest BCUT2D eigenvalue weighted by Crippen LogP contribution is 2.33. The standard InChI is InChI=1S/C16H26N2O3/c1-4-13-7-8-15(21-13)14-6-5-10-18(14)16(19)17-12(2)9-11-20-3/h7-8,12,14H,4-6,9-11H2,1-3H3,(H,17,19)/t12-,14-/m1/s1. The van der Waals surface area contributed by atoms with Crippen LogP contribution < -0.4 is 5.32 Å². The molecule has 1 aliphatic heterocycles. The Labute approximate surface area is 126 Å². The Balaban J connectivity index is 1.96. The third kappa shape index (κ3) is 4.00. The van der Waals surface area contributed by atoms with E-state index in [-0.39, 0.29) is 18.1 Å². The van der Waals surface area contributed by atoms with Crippen LogP contribution in [0.4, 0.5) is 4.79 Å². The largest absolute Gasteiger partial charge is 0.464 e. The molecular weight excluding hydrogens is 268 g/mol. The van der Waals surface area contributed by atoms with Crippen molar-refractivity contribution in [1.29, 1.82) is 0 Å². The molecule has 0 spiro atoms. The zero-order valence-electron chi connectivity index (χ0n) is 13.2. The summed E-state index contributed by atoms with van der Waals surface area (Å²) in [5.74, 6) is 1.88. The number of nitrogens with one attached hydrogen (secondary N) is 1. The number of methoxy groups -OCH3 is 1. The Kier molecular flexibility index (Phi) is 5.67. The van der Waals surface area contributed by atoms with E-state index >= 15 is 0 Å². The molecule has 2 rings (SSSR count). The van der Waals surface area contributed by atoms with Gasteiger partial charge in [0.05, 0.1) is 6.04 Å². The Morgan fingerprint density at radius 2 is 2.38 bits per heavy atom. The van der Waals surface area contributed by atoms with Gasteiger partial charge in [-0.15, -0.1) is 0 Å². The number of aryl methyl sites for hydroxylation is 1. The summed E-state index contributed by atoms with van der Waals surface area (Å²) in [5, 5.41) is 3.04. The molecule has 1 aromatic heterocycles. The van der Waals surface area contributed by atoms with Gasteiger partial charge in [0.2, 0.25) is 0 Å². The third-order valence-corrected chi connectivity index (χ3v) is 4.00. The average Bonchev–Trinajstić information content (AvgIpc) is 3.12. The second kappa shape index (κ2) is 7.50. The first-order valence-electron chi connectivity index (χ1n) is 7.80. The fourth-order valence-corrected chi connectivity index (χ4v) is 2.73. The number of ether oxygens (including phenoxy) is 1. The van der Waals surface area contributed by atoms with Crippen LogP contribution in [-0.4, -0.2) is 37.2 Å². The number of carbonyl (C=O) groups is 1. The van der Waals surface area contributed by atoms with Crippen molar-refractivity contribution in [1.82, 2.24) is 10.2 Å². The Hall–Kier alpha value is -1.49. The number of carbonyl (C=O) groups excluding carboxylic acids is 1. The molecule has 1 N–H and O–H groups in total. The number of rotatable bonds is 6. The minimum absolute atomic E-state index is 0.00412. The average molecular weight is 294 g/mol. The van der Waals surface area contributed by atoms with Crippen LogP contribution in [0.3, 0.4) is 0 Å². The van der Waals surface area contributed by atoms with Crippen LogP contribution in [0, 0.1) is 0 Å². The number of hydrogen-bond donors (Lipinski definition) is 1. The fourth-order valence-electron chi connectivity index (χ4n) is 2.73. The summed E-state index contributed by atoms with van der Waals surface area (Å²) in [5.41, 5.74) is 0. The molecule has 2 atom stereocenters. The van der Waals surface area contributed by atoms with E-state index in [9.17, 15) is 4.79 Å². The van der Waals surface area contributed by atoms with Crippen molar-refractivity contribution in [2.24, 2.45) is 0 Å². The van der Waals surface area contributed by atoms with Crippen molar-refractivity contribution in [2.45, 2.75) is 51.6 Å². The van der Waals surface area contributed by atoms with Crippen molar-refractivity contribution >= 4 is 6.03 Å². The summed E-state index contributed by atoms with van der Waals surface area (Å²) < 4.78 is 10.9. The first kappa shape index (κ1) is 15.9. The molecule has 0 radical (unpaired) electrons. The van der Waals surface area contributed by atoms with Gasteiger partial charge in [-0.3, -0.25) is 0 Å². The van der Waals surface area contributed by atoms with Crippen LogP contribution in [0.2, 0.25) is 0 Å². The maximum absolute atomic E-state index is 12.4. The highest BCUT2D eigenvalue weighted by Gasteiger charge is 2.32. The van der Waals surface area contributed by atoms with E-state index in [0.717, 1.165) is 43.7 Å². The lowest BCUT2D eigenvalue weighted by Crippen LogP contribution is -2.43. The van der Waals surface area contributed by atoms with Crippen molar-refractivity contribution in [3.63, 3.8) is 0 Å². The molecule has 2 heterocycles. The zero-order valence-corrected chi connectivity index (χ0v) is 13.2. The predicted octanol–water partition coefficient (Wildman–Crippen LogP) is 3.11. The van der Waals surface area contributed by atoms with E-state index < -0.39 is 0 Å². The molecule has 21 heavy (non-hydrogen) atoms. The molecule has 118 valence electrons. The van der Waals surface area contributed by atoms with Gasteiger partial charge in [0.15, 0.2) is 0 Å². The van der Waals surface area contributed by atoms with Gasteiger partial charge in [-0.25, -0.2) is 4.79 Å². The van der Waals surface area contributed by atoms with Gasteiger partial charge in [-0.05, 0) is 38.3 Å². The molecule has 2 amide bonds. The van der Waals surface area contributed by atoms with Crippen molar-refractivity contribution < 1.29 is 13.9 Å². The molecule has 1 aliphatic rings. The van der Waals surface area contributed by atoms with Crippen LogP contribution in [0.15, 0.2) is 16.5 Å². The number of likely N-dealkylation sites (tertiary alicyclic amines) is 1. The van der Waals surface area contributed by atoms with Gasteiger partial charge >= 0.3 is 6.03 Å². The molecule has 0 aromatic carbocycles. The summed E-state index contributed by atoms with van der Waals surface area (Å²) in [4.78, 5) is 14.3. The second-order valence-electron chi connectivity index (χ2n) is 5.64. The maximum Gasteiger partial charge on any atom is 0.318 e. The topological polar surface area (TPSA) is 54.7 Å². The minimum atomic E-state index is -0.00412. The molecule has 0 unspecified atom stereocenters. The van der Waals surface area contributed by atoms with E-state index in [2.05, 4.69) is 12.2 Å². The molecular formula is C16H26N2O3. The van der Waals surface area contributed by atoms with Gasteiger partial charge in [-0.1, -0.05) is 6.92 Å². The summed E-state index contributed by atoms with van der Waals surface area (Å²) in [6.45, 7) is 5.52. The van der Waals surface area contributed by atoms with Crippen LogP contribution in [0.25, 0.3) is 0 Å². The van der Waals surface area contributed by atoms with Crippen LogP contribution in [0.5, 0.6) is 0 Å². The van der Waals surface area contributed by atoms with E-state index in [0.29, 0.717) is 6.61 Å². The van der Waals surface area contributed by atoms with E-state index in [1.165, 1.54) is 0 Å². The maximum atomic E-state index is 12.4. The lowest BCUT2D eigenvalue weighted by molar-refractivity contribution is 0.169. The van der Waals surface area contributed by atoms with Gasteiger partial charge in [0.25, 0.3) is 0 Å². The Bertz CT molecular complexity index is 458. The Morgan fingerprint density at radius 1 is 1.57 bits per heavy atom. The van der Waals surface area contributed by atoms with Crippen molar-refractivity contribution in [3.05, 3.63) is 23.7 Å². The second-order valence-corrected chi connectivity index (χ2v) is 5.64. The van der Waals surface area contributed by atoms with Crippen LogP contribution in [-0.2, 0) is 11.2 Å². The fraction of sp³-hybridized carbons (Fsp3) is 0.688. The third-order valence-electron chi connectivity index (χ3n) is 4.00. The molecule has 0 aliphatic carbocycles. The number of furan rings is 1. The summed E-state index contributed by atoms with van der Waals surface area (Å²) in [6, 6.07) is 4.19. The van der Waals surface area contributed by atoms with Gasteiger partial charge in [-0.2, -0.15) is 0 Å². The monoisotopic (exact) mass is 294 g/mol. The smallest absolute Gasteiger partial charge is 0.318 e. The molecule has 1 saturated heterocycles. The number of urea groups is 1. The molecule has 0 saturated carbocycles. The van der Waals surface area contributed by atoms with Crippen LogP contribution in [0.1, 0.15) is 50.7 Å². The van der Waals surface area contributed by atoms with Gasteiger partial charge < -0.3 is 19.4 Å². The normalized spacial score (nSPS) is 19.8. The van der Waals surface area contributed by atoms with Crippen LogP contribution >= 0.6 is 0 Å². The summed E-state index contributed by atoms with van der Waals surface area (Å²) in [6.07, 6.45) is 3.69. The van der Waals surface area contributed by atoms with Crippen molar-refractivity contribution in [2.75, 3.05) is 20.3 Å². The quantitative estimate of drug-likeness (QED) is 0.877. The first-order valence-corrected chi connectivity index (χ1v) is 7.80. The van der Waals surface area contributed by atoms with E-state index in [1.807, 2.05) is 24.0 Å². The minimum Gasteiger partial charge on any atom is -0.464 e. The predicted molar refractivity (Wildman–Crippen MR) is 81.3 cm³/mol. The molecule has 5 nitrogen and oxygen atoms in total. The van der Waals surface area contributed by atoms with E-state index in [4.69, 9.17) is 9.15 Å². The van der Waals surface area contributed by atoms with Gasteiger partial charge in [0, 0.05) is 32.7 Å². The molecule has 0 bridgehead atoms. The SMILES string of the molecule is CCc1ccc([C@H]2CCCN2C(=O)N[C@H](C)CCOC)o1. The zero-order chi connectivity index (χ0) is 15.2. The molecule has 5 heteroatoms. The molecule has 1 aromatic rings. The first-order chi connectivity index (χ1) is 10.2. The highest BCUT2D eigenvalue weighted by atomic mass is 16.5. The van der Waals surface area contributed by atoms with Gasteiger partial charge in [0.1, 0.15) is 11.5 Å². The van der Waals surface area contributed by atoms with E-state index in [1.54, 1.807) is 7.11 Å².